The Morgan fingerprint density at radius 3 is 2.65 bits per heavy atom. The van der Waals surface area contributed by atoms with Gasteiger partial charge in [0, 0.05) is 0 Å². The summed E-state index contributed by atoms with van der Waals surface area (Å²) in [6.45, 7) is 3.77. The fraction of sp³-hybridized carbons (Fsp3) is 0.417. The average Bonchev–Trinajstić information content (AvgIpc) is 2.19. The SMILES string of the molecule is CCOc1ccc(C(C)(O)CC(=O)O)cc1Cl. The van der Waals surface area contributed by atoms with Gasteiger partial charge in [0.15, 0.2) is 0 Å². The number of carboxylic acid groups (broad SMARTS) is 1. The largest absolute Gasteiger partial charge is 0.492 e. The van der Waals surface area contributed by atoms with Crippen molar-refractivity contribution in [2.45, 2.75) is 25.9 Å². The molecular formula is C12H15ClO4. The van der Waals surface area contributed by atoms with Crippen LogP contribution in [0.2, 0.25) is 5.02 Å². The van der Waals surface area contributed by atoms with Crippen molar-refractivity contribution in [3.63, 3.8) is 0 Å². The van der Waals surface area contributed by atoms with E-state index in [1.165, 1.54) is 13.0 Å². The molecule has 2 N–H and O–H groups in total. The molecule has 0 radical (unpaired) electrons. The summed E-state index contributed by atoms with van der Waals surface area (Å²) in [5, 5.41) is 19.1. The number of ether oxygens (including phenoxy) is 1. The summed E-state index contributed by atoms with van der Waals surface area (Å²) in [5.74, 6) is -0.552. The van der Waals surface area contributed by atoms with Crippen LogP contribution in [0.3, 0.4) is 0 Å². The molecule has 17 heavy (non-hydrogen) atoms. The molecule has 5 heteroatoms. The number of benzene rings is 1. The molecule has 0 saturated heterocycles. The lowest BCUT2D eigenvalue weighted by Gasteiger charge is -2.22. The van der Waals surface area contributed by atoms with Crippen molar-refractivity contribution in [3.05, 3.63) is 28.8 Å². The molecule has 0 amide bonds. The smallest absolute Gasteiger partial charge is 0.306 e. The quantitative estimate of drug-likeness (QED) is 0.851. The first-order chi connectivity index (χ1) is 7.86. The van der Waals surface area contributed by atoms with Gasteiger partial charge in [-0.15, -0.1) is 0 Å². The predicted molar refractivity (Wildman–Crippen MR) is 64.4 cm³/mol. The summed E-state index contributed by atoms with van der Waals surface area (Å²) in [6, 6.07) is 4.76. The number of hydrogen-bond acceptors (Lipinski definition) is 3. The molecule has 1 aromatic rings. The lowest BCUT2D eigenvalue weighted by atomic mass is 9.92. The zero-order valence-corrected chi connectivity index (χ0v) is 10.5. The Labute approximate surface area is 105 Å². The van der Waals surface area contributed by atoms with Gasteiger partial charge >= 0.3 is 5.97 Å². The fourth-order valence-electron chi connectivity index (χ4n) is 1.50. The molecule has 0 aromatic heterocycles. The van der Waals surface area contributed by atoms with Crippen LogP contribution in [0, 0.1) is 0 Å². The van der Waals surface area contributed by atoms with Gasteiger partial charge in [-0.3, -0.25) is 4.79 Å². The predicted octanol–water partition coefficient (Wildman–Crippen LogP) is 2.42. The molecule has 1 rings (SSSR count). The van der Waals surface area contributed by atoms with E-state index in [1.54, 1.807) is 12.1 Å². The summed E-state index contributed by atoms with van der Waals surface area (Å²) in [6.07, 6.45) is -0.378. The van der Waals surface area contributed by atoms with E-state index in [0.29, 0.717) is 22.9 Å². The second-order valence-electron chi connectivity index (χ2n) is 3.92. The van der Waals surface area contributed by atoms with Crippen molar-refractivity contribution in [1.82, 2.24) is 0 Å². The second-order valence-corrected chi connectivity index (χ2v) is 4.33. The number of aliphatic carboxylic acids is 1. The Balaban J connectivity index is 3.00. The van der Waals surface area contributed by atoms with Crippen LogP contribution < -0.4 is 4.74 Å². The van der Waals surface area contributed by atoms with Crippen LogP contribution in [0.15, 0.2) is 18.2 Å². The first-order valence-electron chi connectivity index (χ1n) is 5.24. The molecule has 0 aliphatic rings. The van der Waals surface area contributed by atoms with Crippen LogP contribution in [0.1, 0.15) is 25.8 Å². The standard InChI is InChI=1S/C12H15ClO4/c1-3-17-10-5-4-8(6-9(10)13)12(2,16)7-11(14)15/h4-6,16H,3,7H2,1-2H3,(H,14,15). The Hall–Kier alpha value is -1.26. The molecule has 0 aliphatic heterocycles. The van der Waals surface area contributed by atoms with Crippen molar-refractivity contribution in [1.29, 1.82) is 0 Å². The zero-order chi connectivity index (χ0) is 13.1. The number of rotatable bonds is 5. The maximum atomic E-state index is 10.6. The highest BCUT2D eigenvalue weighted by atomic mass is 35.5. The molecule has 94 valence electrons. The van der Waals surface area contributed by atoms with E-state index >= 15 is 0 Å². The van der Waals surface area contributed by atoms with E-state index in [4.69, 9.17) is 21.4 Å². The lowest BCUT2D eigenvalue weighted by Crippen LogP contribution is -2.25. The number of halogens is 1. The van der Waals surface area contributed by atoms with Gasteiger partial charge in [0.2, 0.25) is 0 Å². The van der Waals surface area contributed by atoms with Gasteiger partial charge < -0.3 is 14.9 Å². The minimum atomic E-state index is -1.44. The molecule has 0 bridgehead atoms. The van der Waals surface area contributed by atoms with Gasteiger partial charge in [-0.1, -0.05) is 17.7 Å². The first kappa shape index (κ1) is 13.8. The first-order valence-corrected chi connectivity index (χ1v) is 5.61. The molecule has 0 spiro atoms. The monoisotopic (exact) mass is 258 g/mol. The molecular weight excluding hydrogens is 244 g/mol. The Morgan fingerprint density at radius 2 is 2.18 bits per heavy atom. The topological polar surface area (TPSA) is 66.8 Å². The average molecular weight is 259 g/mol. The Bertz CT molecular complexity index is 415. The van der Waals surface area contributed by atoms with Crippen LogP contribution in [-0.4, -0.2) is 22.8 Å². The number of carboxylic acids is 1. The maximum absolute atomic E-state index is 10.6. The van der Waals surface area contributed by atoms with E-state index in [-0.39, 0.29) is 6.42 Å². The van der Waals surface area contributed by atoms with E-state index in [0.717, 1.165) is 0 Å². The second kappa shape index (κ2) is 5.38. The van der Waals surface area contributed by atoms with Gasteiger partial charge in [-0.05, 0) is 31.5 Å². The number of hydrogen-bond donors (Lipinski definition) is 2. The van der Waals surface area contributed by atoms with Gasteiger partial charge in [0.05, 0.1) is 23.7 Å². The van der Waals surface area contributed by atoms with Crippen LogP contribution in [0.25, 0.3) is 0 Å². The molecule has 1 aromatic carbocycles. The summed E-state index contributed by atoms with van der Waals surface area (Å²) in [5.41, 5.74) is -0.992. The third-order valence-electron chi connectivity index (χ3n) is 2.35. The zero-order valence-electron chi connectivity index (χ0n) is 9.74. The third-order valence-corrected chi connectivity index (χ3v) is 2.64. The molecule has 4 nitrogen and oxygen atoms in total. The van der Waals surface area contributed by atoms with Gasteiger partial charge in [0.25, 0.3) is 0 Å². The van der Waals surface area contributed by atoms with E-state index < -0.39 is 11.6 Å². The third kappa shape index (κ3) is 3.61. The van der Waals surface area contributed by atoms with Crippen LogP contribution >= 0.6 is 11.6 Å². The molecule has 0 aliphatic carbocycles. The van der Waals surface area contributed by atoms with Gasteiger partial charge in [-0.2, -0.15) is 0 Å². The highest BCUT2D eigenvalue weighted by Crippen LogP contribution is 2.32. The minimum absolute atomic E-state index is 0.356. The van der Waals surface area contributed by atoms with Crippen molar-refractivity contribution in [2.24, 2.45) is 0 Å². The van der Waals surface area contributed by atoms with Crippen molar-refractivity contribution < 1.29 is 19.7 Å². The van der Waals surface area contributed by atoms with Crippen LogP contribution in [-0.2, 0) is 10.4 Å². The van der Waals surface area contributed by atoms with E-state index in [9.17, 15) is 9.90 Å². The summed E-state index contributed by atoms with van der Waals surface area (Å²) in [7, 11) is 0. The van der Waals surface area contributed by atoms with E-state index in [2.05, 4.69) is 0 Å². The van der Waals surface area contributed by atoms with Crippen molar-refractivity contribution >= 4 is 17.6 Å². The minimum Gasteiger partial charge on any atom is -0.492 e. The maximum Gasteiger partial charge on any atom is 0.306 e. The number of carbonyl (C=O) groups is 1. The molecule has 1 atom stereocenters. The molecule has 0 fully saturated rings. The normalized spacial score (nSPS) is 14.1. The lowest BCUT2D eigenvalue weighted by molar-refractivity contribution is -0.142. The van der Waals surface area contributed by atoms with Gasteiger partial charge in [-0.25, -0.2) is 0 Å². The highest BCUT2D eigenvalue weighted by Gasteiger charge is 2.27. The fourth-order valence-corrected chi connectivity index (χ4v) is 1.74. The molecule has 0 saturated carbocycles. The van der Waals surface area contributed by atoms with Crippen LogP contribution in [0.4, 0.5) is 0 Å². The summed E-state index contributed by atoms with van der Waals surface area (Å²) in [4.78, 5) is 10.6. The summed E-state index contributed by atoms with van der Waals surface area (Å²) < 4.78 is 5.26. The van der Waals surface area contributed by atoms with Gasteiger partial charge in [0.1, 0.15) is 5.75 Å². The highest BCUT2D eigenvalue weighted by molar-refractivity contribution is 6.32. The van der Waals surface area contributed by atoms with Crippen LogP contribution in [0.5, 0.6) is 5.75 Å². The molecule has 1 unspecified atom stereocenters. The molecule has 0 heterocycles. The van der Waals surface area contributed by atoms with Crippen molar-refractivity contribution in [3.8, 4) is 5.75 Å². The van der Waals surface area contributed by atoms with Crippen molar-refractivity contribution in [2.75, 3.05) is 6.61 Å². The number of aliphatic hydroxyl groups is 1. The van der Waals surface area contributed by atoms with E-state index in [1.807, 2.05) is 6.92 Å². The Morgan fingerprint density at radius 1 is 1.53 bits per heavy atom. The summed E-state index contributed by atoms with van der Waals surface area (Å²) >= 11 is 5.97. The Kier molecular flexibility index (Phi) is 4.37.